The first kappa shape index (κ1) is 15.1. The minimum Gasteiger partial charge on any atom is -0.425 e. The maximum Gasteiger partial charge on any atom is 0.304 e. The van der Waals surface area contributed by atoms with Crippen molar-refractivity contribution >= 4 is 29.2 Å². The van der Waals surface area contributed by atoms with E-state index < -0.39 is 0 Å². The number of aliphatic imine (C=N–C) groups is 1. The molecule has 106 valence electrons. The van der Waals surface area contributed by atoms with Gasteiger partial charge < -0.3 is 4.74 Å². The van der Waals surface area contributed by atoms with Gasteiger partial charge in [0.2, 0.25) is 0 Å². The number of halogens is 2. The van der Waals surface area contributed by atoms with Gasteiger partial charge in [0.25, 0.3) is 0 Å². The monoisotopic (exact) mass is 320 g/mol. The molecule has 0 radical (unpaired) electrons. The van der Waals surface area contributed by atoms with E-state index in [1.165, 1.54) is 0 Å². The van der Waals surface area contributed by atoms with Crippen molar-refractivity contribution in [3.05, 3.63) is 58.3 Å². The average Bonchev–Trinajstić information content (AvgIpc) is 2.45. The van der Waals surface area contributed by atoms with Gasteiger partial charge in [0, 0.05) is 0 Å². The van der Waals surface area contributed by atoms with Crippen molar-refractivity contribution in [3.63, 3.8) is 0 Å². The van der Waals surface area contributed by atoms with E-state index in [-0.39, 0.29) is 22.9 Å². The minimum absolute atomic E-state index is 0.0905. The van der Waals surface area contributed by atoms with E-state index in [0.29, 0.717) is 5.75 Å². The molecule has 0 amide bonds. The molecule has 1 aromatic carbocycles. The van der Waals surface area contributed by atoms with Gasteiger partial charge in [0.05, 0.1) is 6.54 Å². The Morgan fingerprint density at radius 2 is 1.90 bits per heavy atom. The Bertz CT molecular complexity index is 663. The summed E-state index contributed by atoms with van der Waals surface area (Å²) >= 11 is 11.6. The van der Waals surface area contributed by atoms with Crippen molar-refractivity contribution in [3.8, 4) is 11.9 Å². The zero-order valence-electron chi connectivity index (χ0n) is 10.8. The zero-order chi connectivity index (χ0) is 15.1. The Kier molecular flexibility index (Phi) is 5.38. The lowest BCUT2D eigenvalue weighted by Gasteiger charge is -2.06. The molecule has 0 fully saturated rings. The molecule has 0 unspecified atom stereocenters. The number of ether oxygens (including phenoxy) is 1. The number of hydrogen-bond donors (Lipinski definition) is 1. The van der Waals surface area contributed by atoms with Crippen LogP contribution in [0.5, 0.6) is 5.75 Å². The van der Waals surface area contributed by atoms with E-state index in [2.05, 4.69) is 15.3 Å². The second-order valence-corrected chi connectivity index (χ2v) is 4.67. The van der Waals surface area contributed by atoms with Gasteiger partial charge in [0.1, 0.15) is 16.1 Å². The molecule has 0 saturated heterocycles. The predicted octanol–water partition coefficient (Wildman–Crippen LogP) is 3.39. The maximum atomic E-state index is 8.73. The molecule has 1 N–H and O–H groups in total. The van der Waals surface area contributed by atoms with Crippen LogP contribution in [0.2, 0.25) is 10.3 Å². The Morgan fingerprint density at radius 3 is 2.52 bits per heavy atom. The molecule has 2 aromatic rings. The number of para-hydroxylation sites is 1. The molecule has 0 aliphatic carbocycles. The SMILES string of the molecule is N#CNC(=NCc1cc(Cl)nc(Cl)c1)Oc1ccccc1. The Morgan fingerprint density at radius 1 is 1.24 bits per heavy atom. The third-order valence-electron chi connectivity index (χ3n) is 2.35. The molecule has 5 nitrogen and oxygen atoms in total. The van der Waals surface area contributed by atoms with Crippen LogP contribution in [0.4, 0.5) is 0 Å². The second kappa shape index (κ2) is 7.48. The molecule has 2 rings (SSSR count). The summed E-state index contributed by atoms with van der Waals surface area (Å²) in [5.74, 6) is 0.574. The topological polar surface area (TPSA) is 70.3 Å². The molecular formula is C14H10Cl2N4O. The number of nitriles is 1. The van der Waals surface area contributed by atoms with Gasteiger partial charge in [-0.15, -0.1) is 0 Å². The summed E-state index contributed by atoms with van der Waals surface area (Å²) in [5, 5.41) is 11.7. The number of amidine groups is 1. The molecule has 7 heteroatoms. The number of hydrogen-bond acceptors (Lipinski definition) is 4. The van der Waals surface area contributed by atoms with Crippen molar-refractivity contribution < 1.29 is 4.74 Å². The lowest BCUT2D eigenvalue weighted by Crippen LogP contribution is -2.24. The fraction of sp³-hybridized carbons (Fsp3) is 0.0714. The fourth-order valence-corrected chi connectivity index (χ4v) is 2.02. The number of aromatic nitrogens is 1. The van der Waals surface area contributed by atoms with Gasteiger partial charge in [-0.2, -0.15) is 5.26 Å². The van der Waals surface area contributed by atoms with Crippen LogP contribution in [0.1, 0.15) is 5.56 Å². The average molecular weight is 321 g/mol. The van der Waals surface area contributed by atoms with Gasteiger partial charge >= 0.3 is 6.02 Å². The maximum absolute atomic E-state index is 8.73. The molecule has 0 aliphatic rings. The van der Waals surface area contributed by atoms with Crippen molar-refractivity contribution in [2.45, 2.75) is 6.54 Å². The molecule has 0 atom stereocenters. The molecule has 0 aliphatic heterocycles. The largest absolute Gasteiger partial charge is 0.425 e. The van der Waals surface area contributed by atoms with Crippen LogP contribution < -0.4 is 10.1 Å². The van der Waals surface area contributed by atoms with Gasteiger partial charge in [-0.1, -0.05) is 41.4 Å². The summed E-state index contributed by atoms with van der Waals surface area (Å²) in [6.07, 6.45) is 1.78. The third-order valence-corrected chi connectivity index (χ3v) is 2.74. The molecule has 1 aromatic heterocycles. The van der Waals surface area contributed by atoms with Gasteiger partial charge in [-0.25, -0.2) is 15.3 Å². The van der Waals surface area contributed by atoms with Gasteiger partial charge in [-0.3, -0.25) is 0 Å². The molecule has 21 heavy (non-hydrogen) atoms. The van der Waals surface area contributed by atoms with Crippen molar-refractivity contribution in [1.82, 2.24) is 10.3 Å². The van der Waals surface area contributed by atoms with Gasteiger partial charge in [-0.05, 0) is 29.8 Å². The van der Waals surface area contributed by atoms with Crippen LogP contribution in [0, 0.1) is 11.5 Å². The normalized spacial score (nSPS) is 10.8. The first-order chi connectivity index (χ1) is 10.2. The summed E-state index contributed by atoms with van der Waals surface area (Å²) in [6, 6.07) is 12.4. The lowest BCUT2D eigenvalue weighted by atomic mass is 10.3. The van der Waals surface area contributed by atoms with Crippen LogP contribution in [-0.2, 0) is 6.54 Å². The quantitative estimate of drug-likeness (QED) is 0.309. The number of nitrogens with one attached hydrogen (secondary N) is 1. The first-order valence-corrected chi connectivity index (χ1v) is 6.67. The number of nitrogens with zero attached hydrogens (tertiary/aromatic N) is 3. The minimum atomic E-state index is 0.0905. The molecular weight excluding hydrogens is 311 g/mol. The fourth-order valence-electron chi connectivity index (χ4n) is 1.51. The smallest absolute Gasteiger partial charge is 0.304 e. The highest BCUT2D eigenvalue weighted by atomic mass is 35.5. The summed E-state index contributed by atoms with van der Waals surface area (Å²) in [7, 11) is 0. The Balaban J connectivity index is 2.12. The Labute approximate surface area is 131 Å². The lowest BCUT2D eigenvalue weighted by molar-refractivity contribution is 0.526. The predicted molar refractivity (Wildman–Crippen MR) is 81.2 cm³/mol. The van der Waals surface area contributed by atoms with Crippen molar-refractivity contribution in [2.75, 3.05) is 0 Å². The zero-order valence-corrected chi connectivity index (χ0v) is 12.3. The standard InChI is InChI=1S/C14H10Cl2N4O/c15-12-6-10(7-13(16)20-12)8-18-14(19-9-17)21-11-4-2-1-3-5-11/h1-7H,8H2,(H,18,19). The van der Waals surface area contributed by atoms with E-state index in [1.807, 2.05) is 18.2 Å². The highest BCUT2D eigenvalue weighted by molar-refractivity contribution is 6.32. The molecule has 0 saturated carbocycles. The van der Waals surface area contributed by atoms with E-state index >= 15 is 0 Å². The summed E-state index contributed by atoms with van der Waals surface area (Å²) in [4.78, 5) is 8.03. The summed E-state index contributed by atoms with van der Waals surface area (Å²) in [6.45, 7) is 0.249. The van der Waals surface area contributed by atoms with E-state index in [9.17, 15) is 0 Å². The van der Waals surface area contributed by atoms with Crippen LogP contribution in [0.15, 0.2) is 47.5 Å². The second-order valence-electron chi connectivity index (χ2n) is 3.89. The van der Waals surface area contributed by atoms with Crippen LogP contribution >= 0.6 is 23.2 Å². The number of benzene rings is 1. The van der Waals surface area contributed by atoms with Gasteiger partial charge in [0.15, 0.2) is 6.19 Å². The number of rotatable bonds is 3. The van der Waals surface area contributed by atoms with Crippen molar-refractivity contribution in [2.24, 2.45) is 4.99 Å². The van der Waals surface area contributed by atoms with Crippen molar-refractivity contribution in [1.29, 1.82) is 5.26 Å². The van der Waals surface area contributed by atoms with E-state index in [1.54, 1.807) is 30.5 Å². The van der Waals surface area contributed by atoms with Crippen LogP contribution in [-0.4, -0.2) is 11.0 Å². The molecule has 0 spiro atoms. The highest BCUT2D eigenvalue weighted by Crippen LogP contribution is 2.15. The van der Waals surface area contributed by atoms with Crippen LogP contribution in [0.3, 0.4) is 0 Å². The summed E-state index contributed by atoms with van der Waals surface area (Å²) in [5.41, 5.74) is 0.758. The third kappa shape index (κ3) is 4.95. The Hall–Kier alpha value is -2.29. The molecule has 0 bridgehead atoms. The van der Waals surface area contributed by atoms with E-state index in [4.69, 9.17) is 33.2 Å². The first-order valence-electron chi connectivity index (χ1n) is 5.92. The highest BCUT2D eigenvalue weighted by Gasteiger charge is 2.03. The molecule has 1 heterocycles. The van der Waals surface area contributed by atoms with E-state index in [0.717, 1.165) is 5.56 Å². The number of pyridine rings is 1. The van der Waals surface area contributed by atoms with Crippen LogP contribution in [0.25, 0.3) is 0 Å². The summed E-state index contributed by atoms with van der Waals surface area (Å²) < 4.78 is 5.47.